The third-order valence-corrected chi connectivity index (χ3v) is 2.16. The van der Waals surface area contributed by atoms with Crippen LogP contribution in [-0.4, -0.2) is 4.98 Å². The summed E-state index contributed by atoms with van der Waals surface area (Å²) < 4.78 is 0. The summed E-state index contributed by atoms with van der Waals surface area (Å²) in [5.41, 5.74) is 9.68. The topological polar surface area (TPSA) is 41.8 Å². The van der Waals surface area contributed by atoms with Crippen molar-refractivity contribution in [2.45, 2.75) is 39.7 Å². The van der Waals surface area contributed by atoms with E-state index in [2.05, 4.69) is 31.8 Å². The zero-order chi connectivity index (χ0) is 9.14. The van der Waals surface area contributed by atoms with Gasteiger partial charge in [-0.2, -0.15) is 0 Å². The zero-order valence-electron chi connectivity index (χ0n) is 8.15. The number of hydrogen-bond acceptors (Lipinski definition) is 1. The van der Waals surface area contributed by atoms with Crippen LogP contribution in [0.15, 0.2) is 6.07 Å². The zero-order valence-corrected chi connectivity index (χ0v) is 8.15. The normalized spacial score (nSPS) is 13.3. The van der Waals surface area contributed by atoms with Crippen molar-refractivity contribution in [3.63, 3.8) is 0 Å². The Labute approximate surface area is 74.2 Å². The van der Waals surface area contributed by atoms with Crippen LogP contribution in [0.4, 0.5) is 0 Å². The van der Waals surface area contributed by atoms with Crippen LogP contribution in [0.2, 0.25) is 0 Å². The summed E-state index contributed by atoms with van der Waals surface area (Å²) in [5, 5.41) is 0. The van der Waals surface area contributed by atoms with Crippen molar-refractivity contribution in [3.05, 3.63) is 23.0 Å². The van der Waals surface area contributed by atoms with Crippen molar-refractivity contribution >= 4 is 0 Å². The van der Waals surface area contributed by atoms with Gasteiger partial charge in [0, 0.05) is 17.4 Å². The molecule has 2 nitrogen and oxygen atoms in total. The Morgan fingerprint density at radius 3 is 2.58 bits per heavy atom. The van der Waals surface area contributed by atoms with Gasteiger partial charge in [-0.05, 0) is 31.9 Å². The van der Waals surface area contributed by atoms with Crippen LogP contribution in [0.5, 0.6) is 0 Å². The molecule has 1 rings (SSSR count). The van der Waals surface area contributed by atoms with Gasteiger partial charge < -0.3 is 10.7 Å². The Balaban J connectivity index is 2.79. The van der Waals surface area contributed by atoms with Crippen LogP contribution in [0, 0.1) is 13.8 Å². The molecule has 0 spiro atoms. The average Bonchev–Trinajstić information content (AvgIpc) is 2.30. The number of hydrogen-bond donors (Lipinski definition) is 2. The highest BCUT2D eigenvalue weighted by Gasteiger charge is 2.09. The van der Waals surface area contributed by atoms with E-state index < -0.39 is 0 Å². The molecule has 1 atom stereocenters. The lowest BCUT2D eigenvalue weighted by Gasteiger charge is -2.09. The van der Waals surface area contributed by atoms with Gasteiger partial charge in [0.2, 0.25) is 0 Å². The van der Waals surface area contributed by atoms with Crippen LogP contribution < -0.4 is 5.73 Å². The Morgan fingerprint density at radius 1 is 1.50 bits per heavy atom. The van der Waals surface area contributed by atoms with Crippen molar-refractivity contribution < 1.29 is 0 Å². The second-order valence-electron chi connectivity index (χ2n) is 3.44. The fourth-order valence-electron chi connectivity index (χ4n) is 1.59. The Bertz CT molecular complexity index is 250. The Morgan fingerprint density at radius 2 is 2.17 bits per heavy atom. The third-order valence-electron chi connectivity index (χ3n) is 2.16. The minimum atomic E-state index is 0.184. The summed E-state index contributed by atoms with van der Waals surface area (Å²) >= 11 is 0. The van der Waals surface area contributed by atoms with Crippen LogP contribution >= 0.6 is 0 Å². The van der Waals surface area contributed by atoms with E-state index in [0.29, 0.717) is 0 Å². The maximum Gasteiger partial charge on any atom is 0.0450 e. The summed E-state index contributed by atoms with van der Waals surface area (Å²) in [7, 11) is 0. The number of nitrogens with one attached hydrogen (secondary N) is 1. The van der Waals surface area contributed by atoms with Crippen molar-refractivity contribution in [1.29, 1.82) is 0 Å². The maximum atomic E-state index is 5.99. The predicted octanol–water partition coefficient (Wildman–Crippen LogP) is 2.43. The largest absolute Gasteiger partial charge is 0.361 e. The van der Waals surface area contributed by atoms with Gasteiger partial charge in [-0.25, -0.2) is 0 Å². The van der Waals surface area contributed by atoms with Crippen LogP contribution in [0.1, 0.15) is 42.8 Å². The lowest BCUT2D eigenvalue weighted by Crippen LogP contribution is -2.11. The number of aromatic amines is 1. The molecule has 0 fully saturated rings. The lowest BCUT2D eigenvalue weighted by atomic mass is 10.1. The summed E-state index contributed by atoms with van der Waals surface area (Å²) in [6, 6.07) is 2.33. The van der Waals surface area contributed by atoms with Crippen LogP contribution in [-0.2, 0) is 0 Å². The minimum absolute atomic E-state index is 0.184. The third kappa shape index (κ3) is 1.89. The highest BCUT2D eigenvalue weighted by molar-refractivity contribution is 5.26. The van der Waals surface area contributed by atoms with Gasteiger partial charge in [-0.1, -0.05) is 13.3 Å². The SMILES string of the molecule is CCC[C@@H](N)c1[nH]c(C)cc1C. The number of aryl methyl sites for hydroxylation is 2. The highest BCUT2D eigenvalue weighted by Crippen LogP contribution is 2.19. The van der Waals surface area contributed by atoms with Crippen molar-refractivity contribution in [2.75, 3.05) is 0 Å². The summed E-state index contributed by atoms with van der Waals surface area (Å²) in [6.45, 7) is 6.33. The van der Waals surface area contributed by atoms with Gasteiger partial charge in [0.1, 0.15) is 0 Å². The van der Waals surface area contributed by atoms with E-state index in [-0.39, 0.29) is 6.04 Å². The van der Waals surface area contributed by atoms with Gasteiger partial charge in [0.05, 0.1) is 0 Å². The van der Waals surface area contributed by atoms with Gasteiger partial charge in [-0.15, -0.1) is 0 Å². The van der Waals surface area contributed by atoms with Gasteiger partial charge in [-0.3, -0.25) is 0 Å². The number of rotatable bonds is 3. The minimum Gasteiger partial charge on any atom is -0.361 e. The van der Waals surface area contributed by atoms with E-state index >= 15 is 0 Å². The molecular formula is C10H18N2. The Kier molecular flexibility index (Phi) is 2.93. The fourth-order valence-corrected chi connectivity index (χ4v) is 1.59. The molecule has 3 N–H and O–H groups in total. The molecule has 1 aromatic rings. The fraction of sp³-hybridized carbons (Fsp3) is 0.600. The standard InChI is InChI=1S/C10H18N2/c1-4-5-9(11)10-7(2)6-8(3)12-10/h6,9,12H,4-5,11H2,1-3H3/t9-/m1/s1. The molecule has 12 heavy (non-hydrogen) atoms. The molecule has 68 valence electrons. The van der Waals surface area contributed by atoms with Gasteiger partial charge in [0.25, 0.3) is 0 Å². The average molecular weight is 166 g/mol. The first-order valence-corrected chi connectivity index (χ1v) is 4.56. The van der Waals surface area contributed by atoms with Crippen molar-refractivity contribution in [2.24, 2.45) is 5.73 Å². The molecular weight excluding hydrogens is 148 g/mol. The molecule has 0 radical (unpaired) electrons. The molecule has 0 saturated carbocycles. The summed E-state index contributed by atoms with van der Waals surface area (Å²) in [6.07, 6.45) is 2.19. The maximum absolute atomic E-state index is 5.99. The van der Waals surface area contributed by atoms with E-state index in [1.165, 1.54) is 17.0 Å². The molecule has 0 aliphatic carbocycles. The first kappa shape index (κ1) is 9.33. The second kappa shape index (κ2) is 3.76. The molecule has 0 unspecified atom stereocenters. The number of aromatic nitrogens is 1. The van der Waals surface area contributed by atoms with E-state index in [4.69, 9.17) is 5.73 Å². The second-order valence-corrected chi connectivity index (χ2v) is 3.44. The molecule has 1 aromatic heterocycles. The van der Waals surface area contributed by atoms with E-state index in [9.17, 15) is 0 Å². The summed E-state index contributed by atoms with van der Waals surface area (Å²) in [5.74, 6) is 0. The molecule has 0 aliphatic heterocycles. The molecule has 0 aromatic carbocycles. The van der Waals surface area contributed by atoms with E-state index in [1.54, 1.807) is 0 Å². The smallest absolute Gasteiger partial charge is 0.0450 e. The first-order valence-electron chi connectivity index (χ1n) is 4.56. The predicted molar refractivity (Wildman–Crippen MR) is 52.1 cm³/mol. The highest BCUT2D eigenvalue weighted by atomic mass is 14.8. The van der Waals surface area contributed by atoms with Crippen LogP contribution in [0.25, 0.3) is 0 Å². The molecule has 0 bridgehead atoms. The quantitative estimate of drug-likeness (QED) is 0.711. The Hall–Kier alpha value is -0.760. The molecule has 0 aliphatic rings. The molecule has 1 heterocycles. The first-order chi connectivity index (χ1) is 5.65. The number of nitrogens with two attached hydrogens (primary N) is 1. The lowest BCUT2D eigenvalue weighted by molar-refractivity contribution is 0.621. The van der Waals surface area contributed by atoms with Gasteiger partial charge in [0.15, 0.2) is 0 Å². The molecule has 0 saturated heterocycles. The van der Waals surface area contributed by atoms with Crippen molar-refractivity contribution in [3.8, 4) is 0 Å². The van der Waals surface area contributed by atoms with E-state index in [1.807, 2.05) is 0 Å². The monoisotopic (exact) mass is 166 g/mol. The number of H-pyrrole nitrogens is 1. The van der Waals surface area contributed by atoms with Gasteiger partial charge >= 0.3 is 0 Å². The molecule has 2 heteroatoms. The van der Waals surface area contributed by atoms with Crippen LogP contribution in [0.3, 0.4) is 0 Å². The van der Waals surface area contributed by atoms with Crippen molar-refractivity contribution in [1.82, 2.24) is 4.98 Å². The molecule has 0 amide bonds. The van der Waals surface area contributed by atoms with E-state index in [0.717, 1.165) is 12.8 Å². The summed E-state index contributed by atoms with van der Waals surface area (Å²) in [4.78, 5) is 3.30.